The van der Waals surface area contributed by atoms with E-state index in [4.69, 9.17) is 5.73 Å². The van der Waals surface area contributed by atoms with Crippen LogP contribution in [0.2, 0.25) is 0 Å². The number of piperidine rings is 1. The van der Waals surface area contributed by atoms with Crippen LogP contribution >= 0.6 is 0 Å². The number of hydrogen-bond acceptors (Lipinski definition) is 5. The van der Waals surface area contributed by atoms with E-state index in [0.717, 1.165) is 39.0 Å². The first-order valence-electron chi connectivity index (χ1n) is 8.93. The minimum Gasteiger partial charge on any atom is -0.330 e. The molecule has 7 heteroatoms. The maximum absolute atomic E-state index is 12.6. The van der Waals surface area contributed by atoms with E-state index >= 15 is 0 Å². The molecule has 3 aliphatic heterocycles. The largest absolute Gasteiger partial charge is 0.330 e. The summed E-state index contributed by atoms with van der Waals surface area (Å²) in [5, 5.41) is 2.96. The van der Waals surface area contributed by atoms with E-state index in [2.05, 4.69) is 15.1 Å². The minimum absolute atomic E-state index is 0.0462. The fourth-order valence-electron chi connectivity index (χ4n) is 3.91. The molecule has 3 N–H and O–H groups in total. The van der Waals surface area contributed by atoms with Crippen molar-refractivity contribution >= 4 is 11.9 Å². The minimum atomic E-state index is -0.657. The molecule has 3 amide bonds. The van der Waals surface area contributed by atoms with Crippen LogP contribution in [0.5, 0.6) is 0 Å². The number of carbonyl (C=O) groups excluding carboxylic acids is 2. The maximum Gasteiger partial charge on any atom is 0.325 e. The second kappa shape index (κ2) is 7.15. The predicted molar refractivity (Wildman–Crippen MR) is 88.0 cm³/mol. The Kier molecular flexibility index (Phi) is 5.18. The standard InChI is InChI=1S/C16H29N5O2/c17-6-3-9-21-14(22)16(18-15(21)23)4-10-20(11-5-16)13-12-19-7-1-2-8-19/h1-13,17H2,(H,18,23). The highest BCUT2D eigenvalue weighted by molar-refractivity contribution is 6.07. The van der Waals surface area contributed by atoms with Gasteiger partial charge in [-0.15, -0.1) is 0 Å². The van der Waals surface area contributed by atoms with Crippen LogP contribution in [-0.2, 0) is 4.79 Å². The number of imide groups is 1. The van der Waals surface area contributed by atoms with Crippen LogP contribution in [0.4, 0.5) is 4.79 Å². The summed E-state index contributed by atoms with van der Waals surface area (Å²) in [5.74, 6) is -0.0462. The van der Waals surface area contributed by atoms with Gasteiger partial charge in [-0.25, -0.2) is 4.79 Å². The summed E-state index contributed by atoms with van der Waals surface area (Å²) in [4.78, 5) is 31.0. The second-order valence-corrected chi connectivity index (χ2v) is 7.00. The first-order valence-corrected chi connectivity index (χ1v) is 8.93. The van der Waals surface area contributed by atoms with Gasteiger partial charge in [-0.05, 0) is 51.7 Å². The molecule has 0 radical (unpaired) electrons. The summed E-state index contributed by atoms with van der Waals surface area (Å²) < 4.78 is 0. The number of nitrogens with one attached hydrogen (secondary N) is 1. The SMILES string of the molecule is NCCCN1C(=O)NC2(CCN(CCN3CCCC3)CC2)C1=O. The molecule has 3 heterocycles. The maximum atomic E-state index is 12.6. The Hall–Kier alpha value is -1.18. The second-order valence-electron chi connectivity index (χ2n) is 7.00. The number of rotatable bonds is 6. The van der Waals surface area contributed by atoms with E-state index in [1.165, 1.54) is 30.8 Å². The Bertz CT molecular complexity index is 442. The Morgan fingerprint density at radius 1 is 0.957 bits per heavy atom. The van der Waals surface area contributed by atoms with Crippen LogP contribution in [0.1, 0.15) is 32.1 Å². The number of carbonyl (C=O) groups is 2. The Labute approximate surface area is 138 Å². The number of likely N-dealkylation sites (tertiary alicyclic amines) is 2. The Morgan fingerprint density at radius 2 is 1.57 bits per heavy atom. The molecule has 3 fully saturated rings. The molecular formula is C16H29N5O2. The van der Waals surface area contributed by atoms with Gasteiger partial charge in [-0.3, -0.25) is 9.69 Å². The van der Waals surface area contributed by atoms with Gasteiger partial charge < -0.3 is 20.9 Å². The van der Waals surface area contributed by atoms with E-state index < -0.39 is 5.54 Å². The summed E-state index contributed by atoms with van der Waals surface area (Å²) in [5.41, 5.74) is 4.83. The summed E-state index contributed by atoms with van der Waals surface area (Å²) in [6.07, 6.45) is 4.75. The van der Waals surface area contributed by atoms with Gasteiger partial charge >= 0.3 is 6.03 Å². The smallest absolute Gasteiger partial charge is 0.325 e. The van der Waals surface area contributed by atoms with Crippen molar-refractivity contribution in [1.82, 2.24) is 20.0 Å². The Balaban J connectivity index is 1.49. The number of nitrogens with two attached hydrogens (primary N) is 1. The molecule has 1 spiro atoms. The van der Waals surface area contributed by atoms with E-state index in [1.807, 2.05) is 0 Å². The predicted octanol–water partition coefficient (Wildman–Crippen LogP) is -0.183. The highest BCUT2D eigenvalue weighted by Crippen LogP contribution is 2.29. The highest BCUT2D eigenvalue weighted by atomic mass is 16.2. The molecule has 130 valence electrons. The van der Waals surface area contributed by atoms with Gasteiger partial charge in [0, 0.05) is 32.7 Å². The van der Waals surface area contributed by atoms with Crippen molar-refractivity contribution in [2.24, 2.45) is 5.73 Å². The molecule has 7 nitrogen and oxygen atoms in total. The number of hydrogen-bond donors (Lipinski definition) is 2. The van der Waals surface area contributed by atoms with Gasteiger partial charge in [0.1, 0.15) is 5.54 Å². The lowest BCUT2D eigenvalue weighted by atomic mass is 9.87. The average Bonchev–Trinajstić information content (AvgIpc) is 3.14. The zero-order chi connectivity index (χ0) is 16.3. The van der Waals surface area contributed by atoms with Gasteiger partial charge in [0.25, 0.3) is 5.91 Å². The average molecular weight is 323 g/mol. The van der Waals surface area contributed by atoms with Gasteiger partial charge in [-0.1, -0.05) is 0 Å². The monoisotopic (exact) mass is 323 g/mol. The van der Waals surface area contributed by atoms with Gasteiger partial charge in [0.15, 0.2) is 0 Å². The summed E-state index contributed by atoms with van der Waals surface area (Å²) in [7, 11) is 0. The fourth-order valence-corrected chi connectivity index (χ4v) is 3.91. The zero-order valence-corrected chi connectivity index (χ0v) is 13.9. The van der Waals surface area contributed by atoms with Crippen LogP contribution in [0, 0.1) is 0 Å². The molecule has 0 unspecified atom stereocenters. The van der Waals surface area contributed by atoms with Crippen molar-refractivity contribution in [3.05, 3.63) is 0 Å². The van der Waals surface area contributed by atoms with Crippen LogP contribution in [0.25, 0.3) is 0 Å². The normalized spacial score (nSPS) is 25.5. The van der Waals surface area contributed by atoms with E-state index in [9.17, 15) is 9.59 Å². The number of amides is 3. The molecule has 0 aromatic rings. The fraction of sp³-hybridized carbons (Fsp3) is 0.875. The molecule has 3 rings (SSSR count). The molecule has 3 aliphatic rings. The topological polar surface area (TPSA) is 81.9 Å². The van der Waals surface area contributed by atoms with Crippen LogP contribution in [-0.4, -0.2) is 84.5 Å². The quantitative estimate of drug-likeness (QED) is 0.663. The first kappa shape index (κ1) is 16.7. The van der Waals surface area contributed by atoms with Crippen LogP contribution in [0.3, 0.4) is 0 Å². The first-order chi connectivity index (χ1) is 11.1. The molecule has 0 aromatic heterocycles. The lowest BCUT2D eigenvalue weighted by Crippen LogP contribution is -2.55. The Morgan fingerprint density at radius 3 is 2.17 bits per heavy atom. The van der Waals surface area contributed by atoms with Gasteiger partial charge in [0.05, 0.1) is 0 Å². The van der Waals surface area contributed by atoms with E-state index in [-0.39, 0.29) is 11.9 Å². The van der Waals surface area contributed by atoms with Crippen LogP contribution in [0.15, 0.2) is 0 Å². The van der Waals surface area contributed by atoms with Crippen LogP contribution < -0.4 is 11.1 Å². The lowest BCUT2D eigenvalue weighted by molar-refractivity contribution is -0.133. The highest BCUT2D eigenvalue weighted by Gasteiger charge is 2.51. The third-order valence-electron chi connectivity index (χ3n) is 5.47. The van der Waals surface area contributed by atoms with Crippen molar-refractivity contribution in [1.29, 1.82) is 0 Å². The zero-order valence-electron chi connectivity index (χ0n) is 13.9. The van der Waals surface area contributed by atoms with Crippen molar-refractivity contribution < 1.29 is 9.59 Å². The molecular weight excluding hydrogens is 294 g/mol. The number of urea groups is 1. The summed E-state index contributed by atoms with van der Waals surface area (Å²) >= 11 is 0. The van der Waals surface area contributed by atoms with Gasteiger partial charge in [0.2, 0.25) is 0 Å². The summed E-state index contributed by atoms with van der Waals surface area (Å²) in [6.45, 7) is 7.32. The summed E-state index contributed by atoms with van der Waals surface area (Å²) in [6, 6.07) is -0.242. The molecule has 3 saturated heterocycles. The molecule has 0 aromatic carbocycles. The molecule has 0 bridgehead atoms. The van der Waals surface area contributed by atoms with Crippen molar-refractivity contribution in [3.63, 3.8) is 0 Å². The molecule has 23 heavy (non-hydrogen) atoms. The molecule has 0 atom stereocenters. The van der Waals surface area contributed by atoms with E-state index in [0.29, 0.717) is 19.5 Å². The van der Waals surface area contributed by atoms with Crippen molar-refractivity contribution in [2.75, 3.05) is 52.4 Å². The molecule has 0 saturated carbocycles. The number of nitrogens with zero attached hydrogens (tertiary/aromatic N) is 3. The van der Waals surface area contributed by atoms with Crippen molar-refractivity contribution in [2.45, 2.75) is 37.6 Å². The van der Waals surface area contributed by atoms with E-state index in [1.54, 1.807) is 0 Å². The van der Waals surface area contributed by atoms with Gasteiger partial charge in [-0.2, -0.15) is 0 Å². The van der Waals surface area contributed by atoms with Crippen molar-refractivity contribution in [3.8, 4) is 0 Å². The molecule has 0 aliphatic carbocycles. The lowest BCUT2D eigenvalue weighted by Gasteiger charge is -2.37. The third-order valence-corrected chi connectivity index (χ3v) is 5.47. The third kappa shape index (κ3) is 3.51.